The van der Waals surface area contributed by atoms with Gasteiger partial charge in [-0.15, -0.1) is 0 Å². The zero-order valence-corrected chi connectivity index (χ0v) is 8.88. The molecule has 1 aliphatic heterocycles. The fourth-order valence-electron chi connectivity index (χ4n) is 1.94. The van der Waals surface area contributed by atoms with Crippen LogP contribution in [-0.4, -0.2) is 6.54 Å². The van der Waals surface area contributed by atoms with Crippen molar-refractivity contribution in [3.63, 3.8) is 0 Å². The van der Waals surface area contributed by atoms with E-state index in [2.05, 4.69) is 49.5 Å². The largest absolute Gasteiger partial charge is 0.381 e. The summed E-state index contributed by atoms with van der Waals surface area (Å²) in [5, 5.41) is 3.39. The van der Waals surface area contributed by atoms with Gasteiger partial charge in [-0.05, 0) is 24.0 Å². The van der Waals surface area contributed by atoms with Gasteiger partial charge >= 0.3 is 0 Å². The van der Waals surface area contributed by atoms with Crippen LogP contribution in [0.25, 0.3) is 5.57 Å². The Balaban J connectivity index is 2.31. The van der Waals surface area contributed by atoms with Gasteiger partial charge < -0.3 is 5.32 Å². The van der Waals surface area contributed by atoms with E-state index >= 15 is 0 Å². The molecule has 1 heterocycles. The maximum absolute atomic E-state index is 3.39. The van der Waals surface area contributed by atoms with Gasteiger partial charge in [-0.1, -0.05) is 38.1 Å². The van der Waals surface area contributed by atoms with Crippen LogP contribution in [0.1, 0.15) is 25.8 Å². The van der Waals surface area contributed by atoms with E-state index in [0.29, 0.717) is 0 Å². The van der Waals surface area contributed by atoms with Gasteiger partial charge in [-0.3, -0.25) is 0 Å². The molecule has 1 aromatic carbocycles. The van der Waals surface area contributed by atoms with Crippen molar-refractivity contribution in [3.05, 3.63) is 35.9 Å². The minimum Gasteiger partial charge on any atom is -0.381 e. The van der Waals surface area contributed by atoms with Gasteiger partial charge in [0.2, 0.25) is 0 Å². The molecule has 0 radical (unpaired) electrons. The van der Waals surface area contributed by atoms with Gasteiger partial charge in [0.25, 0.3) is 0 Å². The highest BCUT2D eigenvalue weighted by Gasteiger charge is 2.11. The molecule has 74 valence electrons. The number of hydrogen-bond donors (Lipinski definition) is 1. The first-order valence-electron chi connectivity index (χ1n) is 5.29. The molecule has 1 aliphatic rings. The first kappa shape index (κ1) is 9.32. The lowest BCUT2D eigenvalue weighted by Crippen LogP contribution is -2.08. The molecule has 0 saturated heterocycles. The molecule has 0 aliphatic carbocycles. The fraction of sp³-hybridized carbons (Fsp3) is 0.385. The summed E-state index contributed by atoms with van der Waals surface area (Å²) in [5.41, 5.74) is 4.16. The number of benzene rings is 1. The Labute approximate surface area is 85.8 Å². The van der Waals surface area contributed by atoms with E-state index in [4.69, 9.17) is 0 Å². The van der Waals surface area contributed by atoms with Gasteiger partial charge in [0, 0.05) is 17.8 Å². The predicted octanol–water partition coefficient (Wildman–Crippen LogP) is 3.54. The van der Waals surface area contributed by atoms with Crippen LogP contribution < -0.4 is 5.32 Å². The van der Waals surface area contributed by atoms with Crippen molar-refractivity contribution >= 4 is 11.3 Å². The zero-order valence-electron chi connectivity index (χ0n) is 8.88. The third kappa shape index (κ3) is 1.82. The number of anilines is 1. The summed E-state index contributed by atoms with van der Waals surface area (Å²) in [4.78, 5) is 0. The molecule has 14 heavy (non-hydrogen) atoms. The zero-order chi connectivity index (χ0) is 9.97. The fourth-order valence-corrected chi connectivity index (χ4v) is 1.94. The Hall–Kier alpha value is -1.24. The summed E-state index contributed by atoms with van der Waals surface area (Å²) in [7, 11) is 0. The third-order valence-electron chi connectivity index (χ3n) is 2.54. The van der Waals surface area contributed by atoms with Crippen LogP contribution in [0, 0.1) is 5.92 Å². The minimum absolute atomic E-state index is 0.729. The number of para-hydroxylation sites is 1. The van der Waals surface area contributed by atoms with Crippen LogP contribution in [0.2, 0.25) is 0 Å². The second-order valence-corrected chi connectivity index (χ2v) is 4.25. The maximum Gasteiger partial charge on any atom is 0.0418 e. The van der Waals surface area contributed by atoms with Crippen LogP contribution in [0.15, 0.2) is 30.3 Å². The van der Waals surface area contributed by atoms with Crippen LogP contribution in [0.5, 0.6) is 0 Å². The highest BCUT2D eigenvalue weighted by atomic mass is 14.9. The maximum atomic E-state index is 3.39. The van der Waals surface area contributed by atoms with E-state index in [9.17, 15) is 0 Å². The Morgan fingerprint density at radius 2 is 2.07 bits per heavy atom. The Bertz CT molecular complexity index is 350. The molecule has 0 fully saturated rings. The lowest BCUT2D eigenvalue weighted by Gasteiger charge is -2.20. The minimum atomic E-state index is 0.729. The van der Waals surface area contributed by atoms with Crippen molar-refractivity contribution in [3.8, 4) is 0 Å². The lowest BCUT2D eigenvalue weighted by atomic mass is 9.93. The molecule has 0 bridgehead atoms. The molecule has 1 heteroatoms. The summed E-state index contributed by atoms with van der Waals surface area (Å²) >= 11 is 0. The van der Waals surface area contributed by atoms with Crippen LogP contribution in [-0.2, 0) is 0 Å². The molecule has 0 atom stereocenters. The summed E-state index contributed by atoms with van der Waals surface area (Å²) < 4.78 is 0. The molecule has 1 nitrogen and oxygen atoms in total. The molecule has 1 aromatic rings. The molecule has 0 spiro atoms. The topological polar surface area (TPSA) is 12.0 Å². The van der Waals surface area contributed by atoms with E-state index in [1.54, 1.807) is 0 Å². The second kappa shape index (κ2) is 3.87. The molecule has 0 aromatic heterocycles. The Morgan fingerprint density at radius 3 is 2.86 bits per heavy atom. The normalized spacial score (nSPS) is 14.6. The molecule has 1 N–H and O–H groups in total. The van der Waals surface area contributed by atoms with E-state index in [1.807, 2.05) is 0 Å². The molecular weight excluding hydrogens is 170 g/mol. The SMILES string of the molecule is CC(C)CC1=CCNc2ccccc21. The van der Waals surface area contributed by atoms with Crippen LogP contribution >= 0.6 is 0 Å². The summed E-state index contributed by atoms with van der Waals surface area (Å²) in [6.45, 7) is 5.51. The van der Waals surface area contributed by atoms with Crippen molar-refractivity contribution in [2.75, 3.05) is 11.9 Å². The average molecular weight is 187 g/mol. The van der Waals surface area contributed by atoms with Crippen molar-refractivity contribution in [1.82, 2.24) is 0 Å². The highest BCUT2D eigenvalue weighted by Crippen LogP contribution is 2.31. The van der Waals surface area contributed by atoms with E-state index in [0.717, 1.165) is 12.5 Å². The number of fused-ring (bicyclic) bond motifs is 1. The predicted molar refractivity (Wildman–Crippen MR) is 62.4 cm³/mol. The molecule has 0 unspecified atom stereocenters. The second-order valence-electron chi connectivity index (χ2n) is 4.25. The van der Waals surface area contributed by atoms with E-state index in [-0.39, 0.29) is 0 Å². The number of allylic oxidation sites excluding steroid dienone is 1. The summed E-state index contributed by atoms with van der Waals surface area (Å²) in [5.74, 6) is 0.729. The first-order valence-corrected chi connectivity index (χ1v) is 5.29. The number of nitrogens with one attached hydrogen (secondary N) is 1. The lowest BCUT2D eigenvalue weighted by molar-refractivity contribution is 0.672. The summed E-state index contributed by atoms with van der Waals surface area (Å²) in [6, 6.07) is 8.56. The van der Waals surface area contributed by atoms with Gasteiger partial charge in [-0.2, -0.15) is 0 Å². The van der Waals surface area contributed by atoms with Gasteiger partial charge in [0.1, 0.15) is 0 Å². The number of rotatable bonds is 2. The highest BCUT2D eigenvalue weighted by molar-refractivity contribution is 5.79. The molecule has 2 rings (SSSR count). The van der Waals surface area contributed by atoms with Crippen molar-refractivity contribution in [1.29, 1.82) is 0 Å². The van der Waals surface area contributed by atoms with E-state index in [1.165, 1.54) is 23.2 Å². The first-order chi connectivity index (χ1) is 6.77. The molecular formula is C13H17N. The van der Waals surface area contributed by atoms with Crippen LogP contribution in [0.3, 0.4) is 0 Å². The number of hydrogen-bond acceptors (Lipinski definition) is 1. The molecule has 0 saturated carbocycles. The van der Waals surface area contributed by atoms with Crippen molar-refractivity contribution < 1.29 is 0 Å². The monoisotopic (exact) mass is 187 g/mol. The van der Waals surface area contributed by atoms with Gasteiger partial charge in [-0.25, -0.2) is 0 Å². The Morgan fingerprint density at radius 1 is 1.29 bits per heavy atom. The standard InChI is InChI=1S/C13H17N/c1-10(2)9-11-7-8-14-13-6-4-3-5-12(11)13/h3-7,10,14H,8-9H2,1-2H3. The third-order valence-corrected chi connectivity index (χ3v) is 2.54. The van der Waals surface area contributed by atoms with E-state index < -0.39 is 0 Å². The quantitative estimate of drug-likeness (QED) is 0.746. The van der Waals surface area contributed by atoms with Gasteiger partial charge in [0.05, 0.1) is 0 Å². The smallest absolute Gasteiger partial charge is 0.0418 e. The van der Waals surface area contributed by atoms with Crippen molar-refractivity contribution in [2.45, 2.75) is 20.3 Å². The van der Waals surface area contributed by atoms with Crippen molar-refractivity contribution in [2.24, 2.45) is 5.92 Å². The average Bonchev–Trinajstić information content (AvgIpc) is 2.18. The van der Waals surface area contributed by atoms with Crippen LogP contribution in [0.4, 0.5) is 5.69 Å². The molecule has 0 amide bonds. The van der Waals surface area contributed by atoms with Gasteiger partial charge in [0.15, 0.2) is 0 Å². The Kier molecular flexibility index (Phi) is 2.58. The summed E-state index contributed by atoms with van der Waals surface area (Å²) in [6.07, 6.45) is 3.49.